The Bertz CT molecular complexity index is 6600. The molecular formula is C97H112N26O9. The number of nitrogen functional groups attached to an aromatic ring is 1. The number of likely N-dealkylation sites (tertiary alicyclic amines) is 1. The second-order valence-corrected chi connectivity index (χ2v) is 35.7. The third-order valence-corrected chi connectivity index (χ3v) is 26.7. The van der Waals surface area contributed by atoms with Crippen molar-refractivity contribution in [2.75, 3.05) is 137 Å². The minimum absolute atomic E-state index is 0.0944. The lowest BCUT2D eigenvalue weighted by Crippen LogP contribution is -2.45. The van der Waals surface area contributed by atoms with E-state index in [9.17, 15) is 15.0 Å². The third-order valence-electron chi connectivity index (χ3n) is 26.7. The molecule has 8 aliphatic rings. The first-order valence-electron chi connectivity index (χ1n) is 46.2. The minimum Gasteiger partial charge on any atom is -0.508 e. The summed E-state index contributed by atoms with van der Waals surface area (Å²) in [5.74, 6) is 5.82. The molecule has 684 valence electrons. The highest BCUT2D eigenvalue weighted by Crippen LogP contribution is 2.44. The number of anilines is 6. The molecule has 11 aromatic heterocycles. The van der Waals surface area contributed by atoms with Gasteiger partial charge in [0, 0.05) is 159 Å². The van der Waals surface area contributed by atoms with Gasteiger partial charge in [0.2, 0.25) is 5.95 Å². The van der Waals surface area contributed by atoms with Crippen LogP contribution in [0.5, 0.6) is 11.5 Å². The number of benzene rings is 4. The predicted molar refractivity (Wildman–Crippen MR) is 507 cm³/mol. The van der Waals surface area contributed by atoms with Crippen LogP contribution in [0, 0.1) is 0 Å². The van der Waals surface area contributed by atoms with Crippen LogP contribution in [0.3, 0.4) is 0 Å². The molecule has 35 heteroatoms. The lowest BCUT2D eigenvalue weighted by molar-refractivity contribution is -0.181. The van der Waals surface area contributed by atoms with Crippen LogP contribution in [-0.2, 0) is 36.8 Å². The minimum atomic E-state index is -0.414. The number of hydrogen-bond acceptors (Lipinski definition) is 28. The Morgan fingerprint density at radius 2 is 1.36 bits per heavy atom. The van der Waals surface area contributed by atoms with Crippen molar-refractivity contribution >= 4 is 107 Å². The lowest BCUT2D eigenvalue weighted by Gasteiger charge is -2.37. The van der Waals surface area contributed by atoms with Crippen molar-refractivity contribution in [3.8, 4) is 56.9 Å². The number of aromatic nitrogens is 18. The number of rotatable bonds is 16. The number of phenolic OH excluding ortho intramolecular Hbond substituents is 1. The van der Waals surface area contributed by atoms with Gasteiger partial charge in [-0.2, -0.15) is 25.3 Å². The van der Waals surface area contributed by atoms with Crippen LogP contribution in [-0.4, -0.2) is 247 Å². The average molecular weight is 1790 g/mol. The molecule has 7 aliphatic heterocycles. The molecule has 1 spiro atoms. The fraction of sp³-hybridized carbons (Fsp3) is 0.423. The summed E-state index contributed by atoms with van der Waals surface area (Å²) >= 11 is 0. The molecule has 35 nitrogen and oxygen atoms in total. The molecule has 4 aromatic carbocycles. The first kappa shape index (κ1) is 86.9. The Labute approximate surface area is 762 Å². The van der Waals surface area contributed by atoms with E-state index in [1.165, 1.54) is 18.3 Å². The van der Waals surface area contributed by atoms with Crippen LogP contribution >= 0.6 is 0 Å². The summed E-state index contributed by atoms with van der Waals surface area (Å²) in [5.41, 5.74) is 19.1. The van der Waals surface area contributed by atoms with Gasteiger partial charge in [-0.1, -0.05) is 6.07 Å². The second-order valence-electron chi connectivity index (χ2n) is 35.7. The van der Waals surface area contributed by atoms with Gasteiger partial charge in [-0.15, -0.1) is 0 Å². The van der Waals surface area contributed by atoms with Crippen molar-refractivity contribution < 1.29 is 43.4 Å². The number of phenols is 1. The first-order valence-corrected chi connectivity index (χ1v) is 46.2. The standard InChI is InChI=1S/C28H30N8O.C27H33N7O4.C26H33N5O3.C16H16N6O/c1-2-20(17-29-8-1)19-34-10-6-23(7-11-34)36-28-24(18-31-36)27(35-12-14-37-15-13-35)32-26(33-28)22-3-4-25-21(16-22)5-9-30-25;1-28-26(35)30-18-4-2-17(3-5-18)23-31-24(33-15-20-6-7-21(16-33)38-20)22-14-29-34(25(22)32-23)19-8-10-27(11-9-19)36-12-13-37-27;1-17-6-4-5-11-31(17)26-28-24-21(25(29-26)30-12-13-34-16-18(30)2)8-9-22(27-24)19-7-10-23(33-3)20(14-19)15-32;1-8(2)22-16-13(15(17)18-7-19-16)14(21-22)12-6-9-5-10(23)3-4-11(9)20-12/h1-5,8-9,16-18,23,30H,6-7,10-15,19H2;2-5,14,19-21H,6-13,15-16H2,1H3,(H2,28,30,35);7-10,14,17-18,32H,4-6,11-13,15-16H2,1-3H3;3-8,20,23H,1-2H3,(H2,17,18,19)/t;;17-,18-;/m..0./s1. The third kappa shape index (κ3) is 18.0. The Hall–Kier alpha value is -13.2. The zero-order valence-corrected chi connectivity index (χ0v) is 75.3. The van der Waals surface area contributed by atoms with Gasteiger partial charge < -0.3 is 84.6 Å². The van der Waals surface area contributed by atoms with E-state index in [0.717, 1.165) is 241 Å². The highest BCUT2D eigenvalue weighted by atomic mass is 16.7. The number of nitrogens with two attached hydrogens (primary N) is 1. The van der Waals surface area contributed by atoms with Gasteiger partial charge in [0.15, 0.2) is 40.0 Å². The Morgan fingerprint density at radius 1 is 0.644 bits per heavy atom. The zero-order valence-electron chi connectivity index (χ0n) is 75.3. The number of urea groups is 1. The number of aliphatic hydroxyl groups is 1. The topological polar surface area (TPSA) is 393 Å². The molecule has 7 saturated heterocycles. The molecular weight excluding hydrogens is 1670 g/mol. The number of hydrogen-bond donors (Lipinski definition) is 7. The summed E-state index contributed by atoms with van der Waals surface area (Å²) in [6.45, 7) is 20.6. The molecule has 4 atom stereocenters. The van der Waals surface area contributed by atoms with Crippen LogP contribution in [0.4, 0.5) is 39.7 Å². The summed E-state index contributed by atoms with van der Waals surface area (Å²) in [7, 11) is 3.20. The van der Waals surface area contributed by atoms with Crippen LogP contribution < -0.4 is 40.7 Å². The van der Waals surface area contributed by atoms with Gasteiger partial charge >= 0.3 is 6.03 Å². The number of piperidine rings is 2. The first-order chi connectivity index (χ1) is 64.5. The van der Waals surface area contributed by atoms with E-state index >= 15 is 0 Å². The molecule has 132 heavy (non-hydrogen) atoms. The van der Waals surface area contributed by atoms with E-state index in [-0.39, 0.29) is 48.7 Å². The number of methoxy groups -OCH3 is 1. The smallest absolute Gasteiger partial charge is 0.318 e. The summed E-state index contributed by atoms with van der Waals surface area (Å²) in [4.78, 5) is 78.2. The number of ether oxygens (including phenoxy) is 6. The number of carbonyl (C=O) groups excluding carboxylic acids is 1. The van der Waals surface area contributed by atoms with Crippen molar-refractivity contribution in [2.24, 2.45) is 0 Å². The van der Waals surface area contributed by atoms with Crippen LogP contribution in [0.15, 0.2) is 153 Å². The quantitative estimate of drug-likeness (QED) is 0.0472. The van der Waals surface area contributed by atoms with E-state index in [1.807, 2.05) is 116 Å². The molecule has 8 N–H and O–H groups in total. The number of amides is 2. The Morgan fingerprint density at radius 3 is 2.08 bits per heavy atom. The van der Waals surface area contributed by atoms with Crippen LogP contribution in [0.2, 0.25) is 0 Å². The van der Waals surface area contributed by atoms with E-state index in [1.54, 1.807) is 26.3 Å². The number of nitrogens with zero attached hydrogens (tertiary/aromatic N) is 21. The van der Waals surface area contributed by atoms with Gasteiger partial charge in [0.25, 0.3) is 0 Å². The van der Waals surface area contributed by atoms with E-state index in [2.05, 4.69) is 125 Å². The number of carbonyl (C=O) groups is 1. The number of fused-ring (bicyclic) bond motifs is 8. The van der Waals surface area contributed by atoms with E-state index in [0.29, 0.717) is 91.8 Å². The van der Waals surface area contributed by atoms with E-state index < -0.39 is 5.79 Å². The number of H-pyrrole nitrogens is 2. The molecule has 1 saturated carbocycles. The number of aromatic amines is 2. The monoisotopic (exact) mass is 1780 g/mol. The van der Waals surface area contributed by atoms with E-state index in [4.69, 9.17) is 79.2 Å². The van der Waals surface area contributed by atoms with Crippen molar-refractivity contribution in [1.82, 2.24) is 99.4 Å². The molecule has 18 heterocycles. The van der Waals surface area contributed by atoms with Crippen molar-refractivity contribution in [2.45, 2.75) is 160 Å². The number of aromatic hydroxyl groups is 1. The largest absolute Gasteiger partial charge is 0.508 e. The zero-order chi connectivity index (χ0) is 90.1. The molecule has 1 aliphatic carbocycles. The van der Waals surface area contributed by atoms with Gasteiger partial charge in [-0.3, -0.25) is 9.88 Å². The number of aliphatic hydroxyl groups excluding tert-OH is 1. The fourth-order valence-electron chi connectivity index (χ4n) is 19.7. The number of pyridine rings is 2. The highest BCUT2D eigenvalue weighted by molar-refractivity contribution is 6.00. The van der Waals surface area contributed by atoms with Crippen molar-refractivity contribution in [3.05, 3.63) is 164 Å². The maximum Gasteiger partial charge on any atom is 0.318 e. The lowest BCUT2D eigenvalue weighted by atomic mass is 9.90. The Balaban J connectivity index is 0.000000111. The van der Waals surface area contributed by atoms with Gasteiger partial charge in [-0.25, -0.2) is 53.7 Å². The molecule has 8 fully saturated rings. The molecule has 23 rings (SSSR count). The molecule has 15 aromatic rings. The van der Waals surface area contributed by atoms with Crippen molar-refractivity contribution in [1.29, 1.82) is 0 Å². The predicted octanol–water partition coefficient (Wildman–Crippen LogP) is 14.2. The SMILES string of the molecule is CC(C)n1nc(-c2cc3cc(O)ccc3[nH]2)c2c(N)ncnc21.CNC(=O)Nc1ccc(-c2nc(N3CC4CCC(C3)O4)c3cnn(C4CCC5(CC4)OCCO5)c3n2)cc1.COc1ccc(-c2ccc3c(N4CCOC[C@@H]4C)nc(N4CCCC[C@@H]4C)nc3n2)cc1CO.c1cncc(CN2CCC(n3ncc4c(N5CCOCC5)nc(-c5ccc6[nH]ccc6c5)nc43)CC2)c1. The summed E-state index contributed by atoms with van der Waals surface area (Å²) in [6, 6.07) is 38.2. The highest BCUT2D eigenvalue weighted by Gasteiger charge is 2.43. The summed E-state index contributed by atoms with van der Waals surface area (Å²) < 4.78 is 40.8. The maximum atomic E-state index is 11.7. The second kappa shape index (κ2) is 38.0. The maximum absolute atomic E-state index is 11.7. The Kier molecular flexibility index (Phi) is 25.0. The van der Waals surface area contributed by atoms with Crippen LogP contribution in [0.25, 0.3) is 111 Å². The summed E-state index contributed by atoms with van der Waals surface area (Å²) in [5, 5.41) is 44.9. The molecule has 2 amide bonds. The number of nitrogens with one attached hydrogen (secondary N) is 4. The van der Waals surface area contributed by atoms with Crippen LogP contribution in [0.1, 0.15) is 128 Å². The normalized spacial score (nSPS) is 19.6. The molecule has 2 unspecified atom stereocenters. The molecule has 2 bridgehead atoms. The average Bonchev–Trinajstić information content (AvgIpc) is 1.59. The molecule has 0 radical (unpaired) electrons. The fourth-order valence-corrected chi connectivity index (χ4v) is 19.7. The number of morpholine rings is 3. The van der Waals surface area contributed by atoms with Gasteiger partial charge in [0.05, 0.1) is 129 Å². The van der Waals surface area contributed by atoms with Gasteiger partial charge in [0.1, 0.15) is 46.8 Å². The van der Waals surface area contributed by atoms with Gasteiger partial charge in [-0.05, 0) is 200 Å². The summed E-state index contributed by atoms with van der Waals surface area (Å²) in [6.07, 6.45) is 22.9. The van der Waals surface area contributed by atoms with Crippen molar-refractivity contribution in [3.63, 3.8) is 0 Å².